The Morgan fingerprint density at radius 3 is 3.06 bits per heavy atom. The zero-order chi connectivity index (χ0) is 12.5. The molecule has 1 rings (SSSR count). The number of rotatable bonds is 8. The van der Waals surface area contributed by atoms with Crippen LogP contribution < -0.4 is 5.32 Å². The molecule has 0 fully saturated rings. The maximum atomic E-state index is 11.4. The molecule has 1 heterocycles. The summed E-state index contributed by atoms with van der Waals surface area (Å²) in [5, 5.41) is 2.90. The predicted octanol–water partition coefficient (Wildman–Crippen LogP) is 2.14. The Labute approximate surface area is 102 Å². The van der Waals surface area contributed by atoms with Gasteiger partial charge in [0.05, 0.1) is 6.26 Å². The number of ether oxygens (including phenoxy) is 1. The van der Waals surface area contributed by atoms with E-state index in [2.05, 4.69) is 5.32 Å². The lowest BCUT2D eigenvalue weighted by atomic mass is 10.1. The van der Waals surface area contributed by atoms with Crippen LogP contribution in [0.15, 0.2) is 22.8 Å². The summed E-state index contributed by atoms with van der Waals surface area (Å²) in [4.78, 5) is 11.4. The van der Waals surface area contributed by atoms with E-state index in [0.29, 0.717) is 6.61 Å². The molecule has 0 aliphatic rings. The van der Waals surface area contributed by atoms with Crippen LogP contribution in [0.5, 0.6) is 0 Å². The first-order valence-electron chi connectivity index (χ1n) is 6.12. The summed E-state index contributed by atoms with van der Waals surface area (Å²) in [7, 11) is 0. The lowest BCUT2D eigenvalue weighted by Crippen LogP contribution is -2.35. The molecule has 1 amide bonds. The molecule has 96 valence electrons. The normalized spacial score (nSPS) is 12.4. The van der Waals surface area contributed by atoms with E-state index in [1.807, 2.05) is 26.0 Å². The van der Waals surface area contributed by atoms with Crippen molar-refractivity contribution in [2.24, 2.45) is 0 Å². The van der Waals surface area contributed by atoms with Crippen LogP contribution in [0.2, 0.25) is 0 Å². The number of amides is 1. The van der Waals surface area contributed by atoms with Crippen LogP contribution in [-0.4, -0.2) is 25.2 Å². The highest BCUT2D eigenvalue weighted by Gasteiger charge is 2.08. The van der Waals surface area contributed by atoms with Gasteiger partial charge in [0.25, 0.3) is 0 Å². The van der Waals surface area contributed by atoms with Crippen molar-refractivity contribution in [3.8, 4) is 0 Å². The molecule has 1 aromatic heterocycles. The number of nitrogens with one attached hydrogen (secondary N) is 1. The van der Waals surface area contributed by atoms with Crippen LogP contribution in [0.25, 0.3) is 0 Å². The van der Waals surface area contributed by atoms with E-state index in [4.69, 9.17) is 9.15 Å². The fraction of sp³-hybridized carbons (Fsp3) is 0.615. The first kappa shape index (κ1) is 13.8. The van der Waals surface area contributed by atoms with Gasteiger partial charge in [0.2, 0.25) is 5.91 Å². The Morgan fingerprint density at radius 2 is 2.41 bits per heavy atom. The highest BCUT2D eigenvalue weighted by Crippen LogP contribution is 2.05. The van der Waals surface area contributed by atoms with E-state index in [9.17, 15) is 4.79 Å². The molecule has 1 aromatic rings. The summed E-state index contributed by atoms with van der Waals surface area (Å²) in [6.07, 6.45) is 4.30. The highest BCUT2D eigenvalue weighted by atomic mass is 16.5. The number of carbonyl (C=O) groups is 1. The monoisotopic (exact) mass is 239 g/mol. The van der Waals surface area contributed by atoms with Gasteiger partial charge in [-0.25, -0.2) is 0 Å². The number of aryl methyl sites for hydroxylation is 1. The van der Waals surface area contributed by atoms with Crippen molar-refractivity contribution in [1.82, 2.24) is 5.32 Å². The SMILES string of the molecule is CCCOCC(=O)NC(C)CCc1ccco1. The topological polar surface area (TPSA) is 51.5 Å². The summed E-state index contributed by atoms with van der Waals surface area (Å²) in [5.41, 5.74) is 0. The lowest BCUT2D eigenvalue weighted by molar-refractivity contribution is -0.126. The smallest absolute Gasteiger partial charge is 0.246 e. The summed E-state index contributed by atoms with van der Waals surface area (Å²) < 4.78 is 10.4. The first-order chi connectivity index (χ1) is 8.22. The molecular formula is C13H21NO3. The molecule has 0 radical (unpaired) electrons. The van der Waals surface area contributed by atoms with E-state index in [1.165, 1.54) is 0 Å². The second-order valence-corrected chi connectivity index (χ2v) is 4.14. The van der Waals surface area contributed by atoms with Crippen molar-refractivity contribution in [1.29, 1.82) is 0 Å². The summed E-state index contributed by atoms with van der Waals surface area (Å²) in [6, 6.07) is 3.95. The van der Waals surface area contributed by atoms with Crippen LogP contribution in [0.3, 0.4) is 0 Å². The predicted molar refractivity (Wildman–Crippen MR) is 65.7 cm³/mol. The molecule has 0 spiro atoms. The van der Waals surface area contributed by atoms with Gasteiger partial charge in [-0.05, 0) is 31.9 Å². The van der Waals surface area contributed by atoms with Gasteiger partial charge >= 0.3 is 0 Å². The van der Waals surface area contributed by atoms with E-state index in [0.717, 1.165) is 25.0 Å². The van der Waals surface area contributed by atoms with Crippen LogP contribution in [-0.2, 0) is 16.0 Å². The van der Waals surface area contributed by atoms with Gasteiger partial charge < -0.3 is 14.5 Å². The second kappa shape index (κ2) is 7.90. The third-order valence-electron chi connectivity index (χ3n) is 2.39. The van der Waals surface area contributed by atoms with Crippen molar-refractivity contribution in [3.05, 3.63) is 24.2 Å². The number of hydrogen-bond acceptors (Lipinski definition) is 3. The van der Waals surface area contributed by atoms with Crippen molar-refractivity contribution in [3.63, 3.8) is 0 Å². The van der Waals surface area contributed by atoms with Crippen LogP contribution >= 0.6 is 0 Å². The Balaban J connectivity index is 2.11. The molecule has 4 heteroatoms. The molecule has 1 atom stereocenters. The van der Waals surface area contributed by atoms with Gasteiger partial charge in [0.1, 0.15) is 12.4 Å². The lowest BCUT2D eigenvalue weighted by Gasteiger charge is -2.13. The van der Waals surface area contributed by atoms with Gasteiger partial charge in [0.15, 0.2) is 0 Å². The van der Waals surface area contributed by atoms with E-state index in [1.54, 1.807) is 6.26 Å². The zero-order valence-electron chi connectivity index (χ0n) is 10.6. The Morgan fingerprint density at radius 1 is 1.59 bits per heavy atom. The van der Waals surface area contributed by atoms with E-state index >= 15 is 0 Å². The minimum absolute atomic E-state index is 0.0506. The molecule has 0 saturated heterocycles. The van der Waals surface area contributed by atoms with Crippen molar-refractivity contribution < 1.29 is 13.9 Å². The average molecular weight is 239 g/mol. The average Bonchev–Trinajstić information content (AvgIpc) is 2.79. The molecule has 0 saturated carbocycles. The van der Waals surface area contributed by atoms with Crippen molar-refractivity contribution in [2.45, 2.75) is 39.2 Å². The second-order valence-electron chi connectivity index (χ2n) is 4.14. The quantitative estimate of drug-likeness (QED) is 0.707. The number of furan rings is 1. The van der Waals surface area contributed by atoms with Gasteiger partial charge in [-0.3, -0.25) is 4.79 Å². The minimum atomic E-state index is -0.0506. The highest BCUT2D eigenvalue weighted by molar-refractivity contribution is 5.77. The number of hydrogen-bond donors (Lipinski definition) is 1. The molecule has 1 unspecified atom stereocenters. The largest absolute Gasteiger partial charge is 0.469 e. The van der Waals surface area contributed by atoms with Crippen molar-refractivity contribution >= 4 is 5.91 Å². The standard InChI is InChI=1S/C13H21NO3/c1-3-8-16-10-13(15)14-11(2)6-7-12-5-4-9-17-12/h4-5,9,11H,3,6-8,10H2,1-2H3,(H,14,15). The van der Waals surface area contributed by atoms with Gasteiger partial charge in [0, 0.05) is 19.1 Å². The molecule has 17 heavy (non-hydrogen) atoms. The Kier molecular flexibility index (Phi) is 6.40. The van der Waals surface area contributed by atoms with Gasteiger partial charge in [-0.15, -0.1) is 0 Å². The minimum Gasteiger partial charge on any atom is -0.469 e. The molecule has 0 aliphatic heterocycles. The van der Waals surface area contributed by atoms with Crippen LogP contribution in [0.4, 0.5) is 0 Å². The molecule has 0 aliphatic carbocycles. The summed E-state index contributed by atoms with van der Waals surface area (Å²) >= 11 is 0. The third kappa shape index (κ3) is 6.12. The zero-order valence-corrected chi connectivity index (χ0v) is 10.6. The molecule has 0 bridgehead atoms. The molecular weight excluding hydrogens is 218 g/mol. The molecule has 1 N–H and O–H groups in total. The maximum Gasteiger partial charge on any atom is 0.246 e. The third-order valence-corrected chi connectivity index (χ3v) is 2.39. The maximum absolute atomic E-state index is 11.4. The van der Waals surface area contributed by atoms with Crippen LogP contribution in [0, 0.1) is 0 Å². The first-order valence-corrected chi connectivity index (χ1v) is 6.12. The molecule has 0 aromatic carbocycles. The summed E-state index contributed by atoms with van der Waals surface area (Å²) in [6.45, 7) is 4.79. The summed E-state index contributed by atoms with van der Waals surface area (Å²) in [5.74, 6) is 0.902. The Bertz CT molecular complexity index is 308. The van der Waals surface area contributed by atoms with Gasteiger partial charge in [-0.2, -0.15) is 0 Å². The number of carbonyl (C=O) groups excluding carboxylic acids is 1. The fourth-order valence-electron chi connectivity index (χ4n) is 1.51. The van der Waals surface area contributed by atoms with Crippen molar-refractivity contribution in [2.75, 3.05) is 13.2 Å². The van der Waals surface area contributed by atoms with E-state index in [-0.39, 0.29) is 18.6 Å². The Hall–Kier alpha value is -1.29. The van der Waals surface area contributed by atoms with E-state index < -0.39 is 0 Å². The fourth-order valence-corrected chi connectivity index (χ4v) is 1.51. The van der Waals surface area contributed by atoms with Crippen LogP contribution in [0.1, 0.15) is 32.4 Å². The molecule has 4 nitrogen and oxygen atoms in total. The van der Waals surface area contributed by atoms with Gasteiger partial charge in [-0.1, -0.05) is 6.92 Å².